The summed E-state index contributed by atoms with van der Waals surface area (Å²) in [4.78, 5) is 8.64. The van der Waals surface area contributed by atoms with Crippen LogP contribution in [0.25, 0.3) is 0 Å². The van der Waals surface area contributed by atoms with Gasteiger partial charge in [0.05, 0.1) is 0 Å². The summed E-state index contributed by atoms with van der Waals surface area (Å²) in [6, 6.07) is 0.568. The molecule has 2 N–H and O–H groups in total. The third kappa shape index (κ3) is 2.26. The topological polar surface area (TPSA) is 49.8 Å². The second kappa shape index (κ2) is 4.68. The highest BCUT2D eigenvalue weighted by Crippen LogP contribution is 2.28. The van der Waals surface area contributed by atoms with E-state index >= 15 is 0 Å². The van der Waals surface area contributed by atoms with Gasteiger partial charge in [-0.25, -0.2) is 4.98 Å². The van der Waals surface area contributed by atoms with Gasteiger partial charge in [-0.3, -0.25) is 0 Å². The van der Waals surface area contributed by atoms with Crippen molar-refractivity contribution in [3.8, 4) is 0 Å². The van der Waals surface area contributed by atoms with Crippen molar-refractivity contribution < 1.29 is 0 Å². The molecular formula is C12H20N4. The molecule has 2 atom stereocenters. The number of rotatable bonds is 3. The largest absolute Gasteiger partial charge is 0.367 e. The van der Waals surface area contributed by atoms with Crippen LogP contribution in [0, 0.1) is 12.8 Å². The third-order valence-electron chi connectivity index (χ3n) is 3.38. The normalized spacial score (nSPS) is 24.4. The highest BCUT2D eigenvalue weighted by Gasteiger charge is 2.23. The smallest absolute Gasteiger partial charge is 0.224 e. The van der Waals surface area contributed by atoms with E-state index in [1.807, 2.05) is 20.2 Å². The Bertz CT molecular complexity index is 364. The lowest BCUT2D eigenvalue weighted by molar-refractivity contribution is 0.554. The Morgan fingerprint density at radius 2 is 2.19 bits per heavy atom. The minimum Gasteiger partial charge on any atom is -0.367 e. The van der Waals surface area contributed by atoms with Gasteiger partial charge < -0.3 is 10.6 Å². The van der Waals surface area contributed by atoms with Crippen LogP contribution in [0.5, 0.6) is 0 Å². The van der Waals surface area contributed by atoms with Gasteiger partial charge in [-0.05, 0) is 25.7 Å². The summed E-state index contributed by atoms with van der Waals surface area (Å²) in [6.07, 6.45) is 5.75. The molecule has 1 saturated carbocycles. The van der Waals surface area contributed by atoms with E-state index in [0.717, 1.165) is 17.3 Å². The summed E-state index contributed by atoms with van der Waals surface area (Å²) in [7, 11) is 1.84. The number of aryl methyl sites for hydroxylation is 1. The molecule has 4 nitrogen and oxygen atoms in total. The summed E-state index contributed by atoms with van der Waals surface area (Å²) < 4.78 is 0. The van der Waals surface area contributed by atoms with E-state index in [4.69, 9.17) is 0 Å². The van der Waals surface area contributed by atoms with Crippen LogP contribution in [0.15, 0.2) is 6.20 Å². The Labute approximate surface area is 96.9 Å². The number of nitrogens with zero attached hydrogens (tertiary/aromatic N) is 2. The van der Waals surface area contributed by atoms with Crippen molar-refractivity contribution in [2.24, 2.45) is 5.92 Å². The highest BCUT2D eigenvalue weighted by molar-refractivity contribution is 5.47. The maximum atomic E-state index is 4.46. The van der Waals surface area contributed by atoms with Crippen molar-refractivity contribution in [1.82, 2.24) is 9.97 Å². The number of nitrogens with one attached hydrogen (secondary N) is 2. The molecule has 0 aliphatic heterocycles. The van der Waals surface area contributed by atoms with Gasteiger partial charge in [-0.15, -0.1) is 0 Å². The Balaban J connectivity index is 2.13. The Morgan fingerprint density at radius 3 is 2.81 bits per heavy atom. The van der Waals surface area contributed by atoms with Crippen LogP contribution in [-0.4, -0.2) is 23.1 Å². The fourth-order valence-electron chi connectivity index (χ4n) is 2.24. The molecule has 0 amide bonds. The average molecular weight is 220 g/mol. The second-order valence-electron chi connectivity index (χ2n) is 4.63. The van der Waals surface area contributed by atoms with Crippen LogP contribution in [-0.2, 0) is 0 Å². The van der Waals surface area contributed by atoms with Gasteiger partial charge in [0.2, 0.25) is 5.95 Å². The molecule has 1 heterocycles. The fourth-order valence-corrected chi connectivity index (χ4v) is 2.24. The zero-order chi connectivity index (χ0) is 11.5. The van der Waals surface area contributed by atoms with Crippen LogP contribution >= 0.6 is 0 Å². The van der Waals surface area contributed by atoms with Gasteiger partial charge in [0.1, 0.15) is 5.82 Å². The lowest BCUT2D eigenvalue weighted by Gasteiger charge is -2.19. The maximum Gasteiger partial charge on any atom is 0.224 e. The van der Waals surface area contributed by atoms with Gasteiger partial charge in [0.15, 0.2) is 0 Å². The zero-order valence-corrected chi connectivity index (χ0v) is 10.2. The monoisotopic (exact) mass is 220 g/mol. The van der Waals surface area contributed by atoms with Gasteiger partial charge >= 0.3 is 0 Å². The summed E-state index contributed by atoms with van der Waals surface area (Å²) in [5, 5.41) is 6.51. The summed E-state index contributed by atoms with van der Waals surface area (Å²) in [6.45, 7) is 4.35. The molecule has 2 rings (SSSR count). The molecule has 0 aromatic carbocycles. The summed E-state index contributed by atoms with van der Waals surface area (Å²) in [5.74, 6) is 2.39. The van der Waals surface area contributed by atoms with E-state index in [9.17, 15) is 0 Å². The molecule has 1 fully saturated rings. The Morgan fingerprint density at radius 1 is 1.38 bits per heavy atom. The van der Waals surface area contributed by atoms with Gasteiger partial charge in [-0.1, -0.05) is 13.3 Å². The molecule has 1 aliphatic rings. The molecular weight excluding hydrogens is 200 g/mol. The molecule has 0 radical (unpaired) electrons. The number of hydrogen-bond acceptors (Lipinski definition) is 4. The molecule has 16 heavy (non-hydrogen) atoms. The number of hydrogen-bond donors (Lipinski definition) is 2. The molecule has 1 aromatic heterocycles. The van der Waals surface area contributed by atoms with E-state index in [-0.39, 0.29) is 0 Å². The van der Waals surface area contributed by atoms with Crippen molar-refractivity contribution in [2.45, 2.75) is 39.2 Å². The van der Waals surface area contributed by atoms with Crippen molar-refractivity contribution in [2.75, 3.05) is 17.7 Å². The predicted molar refractivity (Wildman–Crippen MR) is 66.7 cm³/mol. The average Bonchev–Trinajstić information content (AvgIpc) is 2.68. The Hall–Kier alpha value is -1.32. The standard InChI is InChI=1S/C12H20N4/c1-8-5-4-6-10(8)15-11-9(2)7-14-12(13-3)16-11/h7-8,10H,4-6H2,1-3H3,(H2,13,14,15,16). The van der Waals surface area contributed by atoms with Crippen LogP contribution in [0.1, 0.15) is 31.7 Å². The van der Waals surface area contributed by atoms with Crippen molar-refractivity contribution in [3.05, 3.63) is 11.8 Å². The molecule has 2 unspecified atom stereocenters. The lowest BCUT2D eigenvalue weighted by Crippen LogP contribution is -2.23. The first kappa shape index (κ1) is 11.2. The summed E-state index contributed by atoms with van der Waals surface area (Å²) in [5.41, 5.74) is 1.11. The molecule has 0 spiro atoms. The third-order valence-corrected chi connectivity index (χ3v) is 3.38. The predicted octanol–water partition coefficient (Wildman–Crippen LogP) is 2.43. The van der Waals surface area contributed by atoms with Crippen LogP contribution in [0.3, 0.4) is 0 Å². The first-order valence-corrected chi connectivity index (χ1v) is 5.98. The highest BCUT2D eigenvalue weighted by atomic mass is 15.1. The van der Waals surface area contributed by atoms with Crippen LogP contribution in [0.2, 0.25) is 0 Å². The van der Waals surface area contributed by atoms with Gasteiger partial charge in [0, 0.05) is 24.8 Å². The van der Waals surface area contributed by atoms with E-state index in [1.165, 1.54) is 19.3 Å². The van der Waals surface area contributed by atoms with E-state index in [1.54, 1.807) is 0 Å². The van der Waals surface area contributed by atoms with Crippen LogP contribution in [0.4, 0.5) is 11.8 Å². The quantitative estimate of drug-likeness (QED) is 0.821. The van der Waals surface area contributed by atoms with Crippen molar-refractivity contribution >= 4 is 11.8 Å². The minimum atomic E-state index is 0.568. The first-order valence-electron chi connectivity index (χ1n) is 5.98. The van der Waals surface area contributed by atoms with Crippen molar-refractivity contribution in [1.29, 1.82) is 0 Å². The molecule has 88 valence electrons. The maximum absolute atomic E-state index is 4.46. The Kier molecular flexibility index (Phi) is 3.27. The molecule has 0 saturated heterocycles. The first-order chi connectivity index (χ1) is 7.70. The molecule has 4 heteroatoms. The van der Waals surface area contributed by atoms with E-state index < -0.39 is 0 Å². The molecule has 1 aromatic rings. The molecule has 0 bridgehead atoms. The lowest BCUT2D eigenvalue weighted by atomic mass is 10.1. The number of aromatic nitrogens is 2. The van der Waals surface area contributed by atoms with E-state index in [2.05, 4.69) is 27.5 Å². The summed E-state index contributed by atoms with van der Waals surface area (Å²) >= 11 is 0. The van der Waals surface area contributed by atoms with E-state index in [0.29, 0.717) is 12.0 Å². The minimum absolute atomic E-state index is 0.568. The van der Waals surface area contributed by atoms with Gasteiger partial charge in [0.25, 0.3) is 0 Å². The van der Waals surface area contributed by atoms with Crippen molar-refractivity contribution in [3.63, 3.8) is 0 Å². The SMILES string of the molecule is CNc1ncc(C)c(NC2CCCC2C)n1. The zero-order valence-electron chi connectivity index (χ0n) is 10.2. The van der Waals surface area contributed by atoms with Crippen LogP contribution < -0.4 is 10.6 Å². The fraction of sp³-hybridized carbons (Fsp3) is 0.667. The second-order valence-corrected chi connectivity index (χ2v) is 4.63. The van der Waals surface area contributed by atoms with Gasteiger partial charge in [-0.2, -0.15) is 4.98 Å². The number of anilines is 2. The molecule has 1 aliphatic carbocycles.